The molecule has 0 heterocycles. The van der Waals surface area contributed by atoms with E-state index in [0.717, 1.165) is 30.6 Å². The van der Waals surface area contributed by atoms with Crippen molar-refractivity contribution in [1.82, 2.24) is 4.90 Å². The second kappa shape index (κ2) is 7.74. The summed E-state index contributed by atoms with van der Waals surface area (Å²) >= 11 is 0. The Bertz CT molecular complexity index is 421. The van der Waals surface area contributed by atoms with Crippen LogP contribution in [0.5, 0.6) is 0 Å². The zero-order valence-electron chi connectivity index (χ0n) is 12.0. The first-order valence-corrected chi connectivity index (χ1v) is 6.66. The van der Waals surface area contributed by atoms with E-state index in [0.29, 0.717) is 0 Å². The third-order valence-electron chi connectivity index (χ3n) is 2.94. The van der Waals surface area contributed by atoms with Crippen LogP contribution in [-0.2, 0) is 11.3 Å². The average molecular weight is 261 g/mol. The van der Waals surface area contributed by atoms with Gasteiger partial charge in [0.2, 0.25) is 0 Å². The molecular formula is C16H23NO2. The Hall–Kier alpha value is -1.61. The molecule has 1 aromatic carbocycles. The van der Waals surface area contributed by atoms with E-state index >= 15 is 0 Å². The van der Waals surface area contributed by atoms with Crippen LogP contribution < -0.4 is 0 Å². The molecule has 0 aromatic heterocycles. The number of nitrogens with zero attached hydrogens (tertiary/aromatic N) is 1. The van der Waals surface area contributed by atoms with Gasteiger partial charge in [0.25, 0.3) is 0 Å². The summed E-state index contributed by atoms with van der Waals surface area (Å²) in [5.41, 5.74) is 2.16. The van der Waals surface area contributed by atoms with E-state index in [1.807, 2.05) is 24.3 Å². The van der Waals surface area contributed by atoms with Gasteiger partial charge in [0, 0.05) is 12.6 Å². The smallest absolute Gasteiger partial charge is 0.328 e. The van der Waals surface area contributed by atoms with Crippen molar-refractivity contribution in [2.45, 2.75) is 26.8 Å². The molecule has 0 aliphatic carbocycles. The predicted octanol–water partition coefficient (Wildman–Crippen LogP) is 3.26. The molecule has 0 fully saturated rings. The topological polar surface area (TPSA) is 40.5 Å². The molecule has 0 spiro atoms. The van der Waals surface area contributed by atoms with Crippen molar-refractivity contribution in [1.29, 1.82) is 0 Å². The average Bonchev–Trinajstić information content (AvgIpc) is 2.35. The first-order chi connectivity index (χ1) is 8.97. The lowest BCUT2D eigenvalue weighted by Gasteiger charge is -2.17. The highest BCUT2D eigenvalue weighted by Crippen LogP contribution is 2.09. The lowest BCUT2D eigenvalue weighted by molar-refractivity contribution is -0.131. The number of rotatable bonds is 7. The molecule has 3 nitrogen and oxygen atoms in total. The minimum Gasteiger partial charge on any atom is -0.478 e. The number of carboxylic acids is 1. The van der Waals surface area contributed by atoms with Crippen LogP contribution in [-0.4, -0.2) is 29.6 Å². The van der Waals surface area contributed by atoms with Gasteiger partial charge in [-0.05, 0) is 43.1 Å². The summed E-state index contributed by atoms with van der Waals surface area (Å²) < 4.78 is 0. The molecule has 0 unspecified atom stereocenters. The predicted molar refractivity (Wildman–Crippen MR) is 78.9 cm³/mol. The van der Waals surface area contributed by atoms with Crippen molar-refractivity contribution in [2.24, 2.45) is 5.92 Å². The number of benzene rings is 1. The van der Waals surface area contributed by atoms with Crippen LogP contribution in [0.25, 0.3) is 6.08 Å². The second-order valence-electron chi connectivity index (χ2n) is 5.33. The van der Waals surface area contributed by atoms with E-state index in [1.165, 1.54) is 12.0 Å². The van der Waals surface area contributed by atoms with Gasteiger partial charge >= 0.3 is 5.97 Å². The maximum atomic E-state index is 10.4. The van der Waals surface area contributed by atoms with E-state index in [4.69, 9.17) is 5.11 Å². The Balaban J connectivity index is 2.50. The maximum absolute atomic E-state index is 10.4. The Morgan fingerprint density at radius 3 is 2.47 bits per heavy atom. The Labute approximate surface area is 115 Å². The summed E-state index contributed by atoms with van der Waals surface area (Å²) in [5.74, 6) is -0.191. The van der Waals surface area contributed by atoms with Gasteiger partial charge in [0.15, 0.2) is 0 Å². The molecule has 0 atom stereocenters. The molecule has 0 saturated carbocycles. The van der Waals surface area contributed by atoms with Gasteiger partial charge < -0.3 is 10.0 Å². The summed E-state index contributed by atoms with van der Waals surface area (Å²) in [6, 6.07) is 8.00. The van der Waals surface area contributed by atoms with E-state index < -0.39 is 5.97 Å². The normalized spacial score (nSPS) is 11.6. The van der Waals surface area contributed by atoms with Crippen molar-refractivity contribution in [2.75, 3.05) is 13.6 Å². The molecule has 0 aliphatic rings. The lowest BCUT2D eigenvalue weighted by atomic mass is 10.1. The van der Waals surface area contributed by atoms with Crippen LogP contribution >= 0.6 is 0 Å². The van der Waals surface area contributed by atoms with Crippen LogP contribution in [0.2, 0.25) is 0 Å². The fourth-order valence-electron chi connectivity index (χ4n) is 1.77. The summed E-state index contributed by atoms with van der Waals surface area (Å²) in [4.78, 5) is 12.7. The van der Waals surface area contributed by atoms with Crippen LogP contribution in [0, 0.1) is 5.92 Å². The molecule has 19 heavy (non-hydrogen) atoms. The second-order valence-corrected chi connectivity index (χ2v) is 5.33. The molecule has 1 aromatic rings. The molecule has 104 valence electrons. The highest BCUT2D eigenvalue weighted by atomic mass is 16.4. The molecule has 1 rings (SSSR count). The van der Waals surface area contributed by atoms with E-state index in [9.17, 15) is 4.79 Å². The number of hydrogen-bond donors (Lipinski definition) is 1. The molecule has 0 radical (unpaired) electrons. The minimum absolute atomic E-state index is 0.728. The van der Waals surface area contributed by atoms with Crippen molar-refractivity contribution < 1.29 is 9.90 Å². The SMILES string of the molecule is CC(C)CCN(C)Cc1ccc(C=CC(=O)O)cc1. The summed E-state index contributed by atoms with van der Waals surface area (Å²) in [6.07, 6.45) is 3.97. The van der Waals surface area contributed by atoms with Crippen LogP contribution in [0.1, 0.15) is 31.4 Å². The fourth-order valence-corrected chi connectivity index (χ4v) is 1.77. The first kappa shape index (κ1) is 15.4. The van der Waals surface area contributed by atoms with Crippen molar-refractivity contribution in [3.8, 4) is 0 Å². The molecular weight excluding hydrogens is 238 g/mol. The molecule has 0 aliphatic heterocycles. The Morgan fingerprint density at radius 1 is 1.32 bits per heavy atom. The number of carboxylic acid groups (broad SMARTS) is 1. The van der Waals surface area contributed by atoms with Gasteiger partial charge in [-0.15, -0.1) is 0 Å². The summed E-state index contributed by atoms with van der Waals surface area (Å²) in [6.45, 7) is 6.49. The first-order valence-electron chi connectivity index (χ1n) is 6.66. The molecule has 3 heteroatoms. The summed E-state index contributed by atoms with van der Waals surface area (Å²) in [5, 5.41) is 8.56. The zero-order chi connectivity index (χ0) is 14.3. The van der Waals surface area contributed by atoms with Crippen LogP contribution in [0.15, 0.2) is 30.3 Å². The Morgan fingerprint density at radius 2 is 1.95 bits per heavy atom. The fraction of sp³-hybridized carbons (Fsp3) is 0.438. The van der Waals surface area contributed by atoms with Gasteiger partial charge in [0.1, 0.15) is 0 Å². The quantitative estimate of drug-likeness (QED) is 0.766. The largest absolute Gasteiger partial charge is 0.478 e. The lowest BCUT2D eigenvalue weighted by Crippen LogP contribution is -2.20. The number of carbonyl (C=O) groups is 1. The number of hydrogen-bond acceptors (Lipinski definition) is 2. The van der Waals surface area contributed by atoms with Gasteiger partial charge in [-0.25, -0.2) is 4.79 Å². The monoisotopic (exact) mass is 261 g/mol. The van der Waals surface area contributed by atoms with Crippen molar-refractivity contribution in [3.63, 3.8) is 0 Å². The Kier molecular flexibility index (Phi) is 6.30. The third-order valence-corrected chi connectivity index (χ3v) is 2.94. The van der Waals surface area contributed by atoms with E-state index in [-0.39, 0.29) is 0 Å². The van der Waals surface area contributed by atoms with Crippen LogP contribution in [0.3, 0.4) is 0 Å². The zero-order valence-corrected chi connectivity index (χ0v) is 12.0. The number of aliphatic carboxylic acids is 1. The highest BCUT2D eigenvalue weighted by molar-refractivity contribution is 5.85. The van der Waals surface area contributed by atoms with Gasteiger partial charge in [-0.2, -0.15) is 0 Å². The van der Waals surface area contributed by atoms with Gasteiger partial charge in [0.05, 0.1) is 0 Å². The minimum atomic E-state index is -0.919. The standard InChI is InChI=1S/C16H23NO2/c1-13(2)10-11-17(3)12-15-6-4-14(5-7-15)8-9-16(18)19/h4-9,13H,10-12H2,1-3H3,(H,18,19). The molecule has 1 N–H and O–H groups in total. The van der Waals surface area contributed by atoms with E-state index in [2.05, 4.69) is 25.8 Å². The highest BCUT2D eigenvalue weighted by Gasteiger charge is 2.02. The van der Waals surface area contributed by atoms with Crippen molar-refractivity contribution >= 4 is 12.0 Å². The van der Waals surface area contributed by atoms with Gasteiger partial charge in [-0.3, -0.25) is 0 Å². The maximum Gasteiger partial charge on any atom is 0.328 e. The summed E-state index contributed by atoms with van der Waals surface area (Å²) in [7, 11) is 2.13. The molecule has 0 amide bonds. The van der Waals surface area contributed by atoms with Gasteiger partial charge in [-0.1, -0.05) is 38.1 Å². The molecule has 0 bridgehead atoms. The molecule has 0 saturated heterocycles. The van der Waals surface area contributed by atoms with E-state index in [1.54, 1.807) is 6.08 Å². The van der Waals surface area contributed by atoms with Crippen LogP contribution in [0.4, 0.5) is 0 Å². The third kappa shape index (κ3) is 6.77. The van der Waals surface area contributed by atoms with Crippen molar-refractivity contribution in [3.05, 3.63) is 41.5 Å².